The molecular formula is C15H25NO2. The fourth-order valence-electron chi connectivity index (χ4n) is 1.56. The summed E-state index contributed by atoms with van der Waals surface area (Å²) in [6.45, 7) is 4.62. The van der Waals surface area contributed by atoms with Crippen molar-refractivity contribution in [1.29, 1.82) is 5.26 Å². The van der Waals surface area contributed by atoms with Gasteiger partial charge in [-0.3, -0.25) is 0 Å². The third kappa shape index (κ3) is 8.81. The summed E-state index contributed by atoms with van der Waals surface area (Å²) in [5.41, 5.74) is 0.154. The van der Waals surface area contributed by atoms with Crippen molar-refractivity contribution >= 4 is 5.97 Å². The van der Waals surface area contributed by atoms with Crippen molar-refractivity contribution in [3.05, 3.63) is 11.6 Å². The fraction of sp³-hybridized carbons (Fsp3) is 0.733. The van der Waals surface area contributed by atoms with E-state index in [2.05, 4.69) is 6.92 Å². The quantitative estimate of drug-likeness (QED) is 0.254. The maximum Gasteiger partial charge on any atom is 0.348 e. The second-order valence-corrected chi connectivity index (χ2v) is 4.42. The van der Waals surface area contributed by atoms with E-state index >= 15 is 0 Å². The van der Waals surface area contributed by atoms with Crippen LogP contribution >= 0.6 is 0 Å². The van der Waals surface area contributed by atoms with Gasteiger partial charge < -0.3 is 4.74 Å². The summed E-state index contributed by atoms with van der Waals surface area (Å²) >= 11 is 0. The minimum atomic E-state index is -0.473. The molecule has 0 aromatic heterocycles. The SMILES string of the molecule is CCCCCCCC=C(C#N)C(=O)OCCCC. The molecular weight excluding hydrogens is 226 g/mol. The molecule has 0 radical (unpaired) electrons. The first-order valence-electron chi connectivity index (χ1n) is 7.03. The molecule has 0 aliphatic rings. The molecule has 0 heterocycles. The van der Waals surface area contributed by atoms with Crippen molar-refractivity contribution in [2.45, 2.75) is 65.2 Å². The fourth-order valence-corrected chi connectivity index (χ4v) is 1.56. The second kappa shape index (κ2) is 12.2. The lowest BCUT2D eigenvalue weighted by Gasteiger charge is -2.02. The van der Waals surface area contributed by atoms with E-state index in [1.165, 1.54) is 19.3 Å². The van der Waals surface area contributed by atoms with E-state index in [0.717, 1.165) is 32.1 Å². The van der Waals surface area contributed by atoms with Gasteiger partial charge in [0.1, 0.15) is 11.6 Å². The van der Waals surface area contributed by atoms with E-state index in [1.807, 2.05) is 13.0 Å². The lowest BCUT2D eigenvalue weighted by Crippen LogP contribution is -2.07. The molecule has 0 spiro atoms. The second-order valence-electron chi connectivity index (χ2n) is 4.42. The summed E-state index contributed by atoms with van der Waals surface area (Å²) in [4.78, 5) is 11.5. The minimum Gasteiger partial charge on any atom is -0.462 e. The zero-order valence-electron chi connectivity index (χ0n) is 11.7. The van der Waals surface area contributed by atoms with E-state index < -0.39 is 5.97 Å². The van der Waals surface area contributed by atoms with E-state index in [1.54, 1.807) is 6.08 Å². The van der Waals surface area contributed by atoms with Crippen LogP contribution in [0, 0.1) is 11.3 Å². The number of carbonyl (C=O) groups excluding carboxylic acids is 1. The molecule has 0 saturated carbocycles. The molecule has 3 heteroatoms. The van der Waals surface area contributed by atoms with E-state index in [-0.39, 0.29) is 5.57 Å². The Morgan fingerprint density at radius 2 is 1.78 bits per heavy atom. The van der Waals surface area contributed by atoms with Crippen LogP contribution < -0.4 is 0 Å². The van der Waals surface area contributed by atoms with Gasteiger partial charge in [0.2, 0.25) is 0 Å². The van der Waals surface area contributed by atoms with Crippen molar-refractivity contribution in [2.24, 2.45) is 0 Å². The molecule has 102 valence electrons. The van der Waals surface area contributed by atoms with Gasteiger partial charge in [0, 0.05) is 0 Å². The van der Waals surface area contributed by atoms with Gasteiger partial charge in [-0.15, -0.1) is 0 Å². The zero-order chi connectivity index (χ0) is 13.6. The molecule has 0 bridgehead atoms. The highest BCUT2D eigenvalue weighted by Crippen LogP contribution is 2.08. The van der Waals surface area contributed by atoms with Crippen molar-refractivity contribution in [3.8, 4) is 6.07 Å². The highest BCUT2D eigenvalue weighted by molar-refractivity contribution is 5.92. The largest absolute Gasteiger partial charge is 0.462 e. The van der Waals surface area contributed by atoms with E-state index in [9.17, 15) is 4.79 Å². The predicted octanol–water partition coefficient (Wildman–Crippen LogP) is 4.14. The summed E-state index contributed by atoms with van der Waals surface area (Å²) in [6, 6.07) is 1.92. The summed E-state index contributed by atoms with van der Waals surface area (Å²) in [5.74, 6) is -0.473. The van der Waals surface area contributed by atoms with Crippen LogP contribution in [0.1, 0.15) is 65.2 Å². The van der Waals surface area contributed by atoms with Gasteiger partial charge in [0.15, 0.2) is 0 Å². The molecule has 0 aliphatic heterocycles. The molecule has 18 heavy (non-hydrogen) atoms. The number of unbranched alkanes of at least 4 members (excludes halogenated alkanes) is 6. The van der Waals surface area contributed by atoms with Gasteiger partial charge in [-0.1, -0.05) is 52.0 Å². The summed E-state index contributed by atoms with van der Waals surface area (Å²) in [7, 11) is 0. The Hall–Kier alpha value is -1.30. The smallest absolute Gasteiger partial charge is 0.348 e. The summed E-state index contributed by atoms with van der Waals surface area (Å²) in [5, 5.41) is 8.87. The third-order valence-electron chi connectivity index (χ3n) is 2.73. The van der Waals surface area contributed by atoms with Crippen LogP contribution in [-0.2, 0) is 9.53 Å². The Balaban J connectivity index is 3.85. The molecule has 0 atom stereocenters. The molecule has 0 aliphatic carbocycles. The Morgan fingerprint density at radius 3 is 2.39 bits per heavy atom. The molecule has 0 rings (SSSR count). The molecule has 0 N–H and O–H groups in total. The first kappa shape index (κ1) is 16.7. The van der Waals surface area contributed by atoms with Gasteiger partial charge in [-0.05, 0) is 19.3 Å². The number of carbonyl (C=O) groups is 1. The number of hydrogen-bond acceptors (Lipinski definition) is 3. The zero-order valence-corrected chi connectivity index (χ0v) is 11.7. The van der Waals surface area contributed by atoms with Gasteiger partial charge in [0.25, 0.3) is 0 Å². The van der Waals surface area contributed by atoms with Crippen LogP contribution in [0.3, 0.4) is 0 Å². The first-order valence-corrected chi connectivity index (χ1v) is 7.03. The normalized spacial score (nSPS) is 11.1. The van der Waals surface area contributed by atoms with Crippen LogP contribution in [-0.4, -0.2) is 12.6 Å². The van der Waals surface area contributed by atoms with E-state index in [0.29, 0.717) is 6.61 Å². The van der Waals surface area contributed by atoms with Gasteiger partial charge in [0.05, 0.1) is 6.61 Å². The lowest BCUT2D eigenvalue weighted by molar-refractivity contribution is -0.138. The van der Waals surface area contributed by atoms with Crippen LogP contribution in [0.25, 0.3) is 0 Å². The number of hydrogen-bond donors (Lipinski definition) is 0. The molecule has 0 aromatic carbocycles. The summed E-state index contributed by atoms with van der Waals surface area (Å²) in [6.07, 6.45) is 10.2. The van der Waals surface area contributed by atoms with Gasteiger partial charge in [-0.25, -0.2) is 4.79 Å². The standard InChI is InChI=1S/C15H25NO2/c1-3-5-7-8-9-10-11-14(13-16)15(17)18-12-6-4-2/h11H,3-10,12H2,1-2H3. The Labute approximate surface area is 111 Å². The maximum absolute atomic E-state index is 11.5. The molecule has 3 nitrogen and oxygen atoms in total. The minimum absolute atomic E-state index is 0.154. The van der Waals surface area contributed by atoms with Crippen molar-refractivity contribution in [3.63, 3.8) is 0 Å². The van der Waals surface area contributed by atoms with Crippen LogP contribution in [0.4, 0.5) is 0 Å². The van der Waals surface area contributed by atoms with Gasteiger partial charge >= 0.3 is 5.97 Å². The highest BCUT2D eigenvalue weighted by atomic mass is 16.5. The van der Waals surface area contributed by atoms with Crippen LogP contribution in [0.15, 0.2) is 11.6 Å². The first-order chi connectivity index (χ1) is 8.76. The monoisotopic (exact) mass is 251 g/mol. The highest BCUT2D eigenvalue weighted by Gasteiger charge is 2.09. The van der Waals surface area contributed by atoms with Crippen LogP contribution in [0.5, 0.6) is 0 Å². The number of rotatable bonds is 10. The van der Waals surface area contributed by atoms with Gasteiger partial charge in [-0.2, -0.15) is 5.26 Å². The van der Waals surface area contributed by atoms with Crippen LogP contribution in [0.2, 0.25) is 0 Å². The Kier molecular flexibility index (Phi) is 11.3. The Bertz CT molecular complexity index is 289. The van der Waals surface area contributed by atoms with Crippen molar-refractivity contribution in [1.82, 2.24) is 0 Å². The maximum atomic E-state index is 11.5. The predicted molar refractivity (Wildman–Crippen MR) is 72.9 cm³/mol. The average molecular weight is 251 g/mol. The molecule has 0 amide bonds. The molecule has 0 aromatic rings. The number of nitriles is 1. The van der Waals surface area contributed by atoms with Crippen molar-refractivity contribution < 1.29 is 9.53 Å². The van der Waals surface area contributed by atoms with Crippen molar-refractivity contribution in [2.75, 3.05) is 6.61 Å². The summed E-state index contributed by atoms with van der Waals surface area (Å²) < 4.78 is 5.00. The molecule has 0 unspecified atom stereocenters. The average Bonchev–Trinajstić information content (AvgIpc) is 2.38. The Morgan fingerprint density at radius 1 is 1.11 bits per heavy atom. The topological polar surface area (TPSA) is 50.1 Å². The number of esters is 1. The number of ether oxygens (including phenoxy) is 1. The lowest BCUT2D eigenvalue weighted by atomic mass is 10.1. The molecule has 0 fully saturated rings. The number of allylic oxidation sites excluding steroid dienone is 1. The van der Waals surface area contributed by atoms with E-state index in [4.69, 9.17) is 10.00 Å². The third-order valence-corrected chi connectivity index (χ3v) is 2.73. The molecule has 0 saturated heterocycles. The number of nitrogens with zero attached hydrogens (tertiary/aromatic N) is 1.